The Kier molecular flexibility index (Phi) is 4.39. The molecule has 1 fully saturated rings. The molecule has 1 unspecified atom stereocenters. The summed E-state index contributed by atoms with van der Waals surface area (Å²) in [5.74, 6) is -0.624. The first kappa shape index (κ1) is 11.0. The van der Waals surface area contributed by atoms with E-state index in [1.165, 1.54) is 0 Å². The zero-order valence-corrected chi connectivity index (χ0v) is 7.94. The molecule has 1 rings (SSSR count). The van der Waals surface area contributed by atoms with Gasteiger partial charge in [0.2, 0.25) is 6.41 Å². The van der Waals surface area contributed by atoms with Crippen LogP contribution in [-0.4, -0.2) is 36.7 Å². The van der Waals surface area contributed by atoms with Gasteiger partial charge in [0, 0.05) is 13.2 Å². The minimum absolute atomic E-state index is 0.345. The molecule has 0 aromatic heterocycles. The van der Waals surface area contributed by atoms with Gasteiger partial charge >= 0.3 is 5.97 Å². The summed E-state index contributed by atoms with van der Waals surface area (Å²) in [6, 6.07) is -0.754. The van der Waals surface area contributed by atoms with Gasteiger partial charge in [-0.25, -0.2) is 4.79 Å². The zero-order chi connectivity index (χ0) is 10.4. The van der Waals surface area contributed by atoms with Gasteiger partial charge in [-0.05, 0) is 25.2 Å². The van der Waals surface area contributed by atoms with Crippen molar-refractivity contribution < 1.29 is 19.4 Å². The van der Waals surface area contributed by atoms with Crippen LogP contribution in [0.15, 0.2) is 0 Å². The molecule has 0 bridgehead atoms. The Morgan fingerprint density at radius 1 is 1.57 bits per heavy atom. The minimum atomic E-state index is -0.969. The summed E-state index contributed by atoms with van der Waals surface area (Å²) in [7, 11) is 0. The number of hydrogen-bond acceptors (Lipinski definition) is 3. The molecule has 0 radical (unpaired) electrons. The molecule has 5 nitrogen and oxygen atoms in total. The highest BCUT2D eigenvalue weighted by molar-refractivity contribution is 5.76. The Balaban J connectivity index is 2.36. The number of hydrogen-bond donors (Lipinski definition) is 2. The zero-order valence-electron chi connectivity index (χ0n) is 7.94. The standard InChI is InChI=1S/C9H15NO4/c11-6-10-8(9(12)13)5-7-1-3-14-4-2-7/h6-8H,1-5H2,(H,10,11)(H,12,13). The first-order valence-corrected chi connectivity index (χ1v) is 4.74. The number of carboxylic acid groups (broad SMARTS) is 1. The van der Waals surface area contributed by atoms with Crippen LogP contribution in [-0.2, 0) is 14.3 Å². The molecule has 1 aliphatic rings. The Morgan fingerprint density at radius 2 is 2.21 bits per heavy atom. The van der Waals surface area contributed by atoms with Crippen molar-refractivity contribution in [3.8, 4) is 0 Å². The van der Waals surface area contributed by atoms with Crippen LogP contribution in [0.3, 0.4) is 0 Å². The first-order chi connectivity index (χ1) is 6.74. The molecular formula is C9H15NO4. The van der Waals surface area contributed by atoms with Crippen LogP contribution in [0, 0.1) is 5.92 Å². The van der Waals surface area contributed by atoms with Crippen molar-refractivity contribution in [2.24, 2.45) is 5.92 Å². The van der Waals surface area contributed by atoms with E-state index in [2.05, 4.69) is 5.32 Å². The second-order valence-electron chi connectivity index (χ2n) is 3.47. The fraction of sp³-hybridized carbons (Fsp3) is 0.778. The van der Waals surface area contributed by atoms with E-state index in [-0.39, 0.29) is 0 Å². The molecule has 1 atom stereocenters. The van der Waals surface area contributed by atoms with Gasteiger partial charge in [0.05, 0.1) is 0 Å². The second-order valence-corrected chi connectivity index (χ2v) is 3.47. The van der Waals surface area contributed by atoms with Crippen molar-refractivity contribution in [1.29, 1.82) is 0 Å². The molecule has 0 saturated carbocycles. The predicted molar refractivity (Wildman–Crippen MR) is 48.8 cm³/mol. The van der Waals surface area contributed by atoms with E-state index in [0.717, 1.165) is 12.8 Å². The number of amides is 1. The van der Waals surface area contributed by atoms with E-state index in [1.54, 1.807) is 0 Å². The summed E-state index contributed by atoms with van der Waals surface area (Å²) in [5, 5.41) is 11.1. The van der Waals surface area contributed by atoms with Crippen LogP contribution in [0.5, 0.6) is 0 Å². The van der Waals surface area contributed by atoms with Gasteiger partial charge < -0.3 is 15.2 Å². The number of rotatable bonds is 5. The van der Waals surface area contributed by atoms with Crippen molar-refractivity contribution in [3.63, 3.8) is 0 Å². The Bertz CT molecular complexity index is 201. The molecule has 1 heterocycles. The molecule has 1 aliphatic heterocycles. The number of carboxylic acids is 1. The van der Waals surface area contributed by atoms with Crippen molar-refractivity contribution in [2.75, 3.05) is 13.2 Å². The van der Waals surface area contributed by atoms with E-state index in [9.17, 15) is 9.59 Å². The summed E-state index contributed by atoms with van der Waals surface area (Å²) in [5.41, 5.74) is 0. The van der Waals surface area contributed by atoms with E-state index in [0.29, 0.717) is 32.0 Å². The molecule has 80 valence electrons. The molecule has 0 aliphatic carbocycles. The number of carbonyl (C=O) groups excluding carboxylic acids is 1. The van der Waals surface area contributed by atoms with Gasteiger partial charge in [-0.15, -0.1) is 0 Å². The smallest absolute Gasteiger partial charge is 0.326 e. The third-order valence-corrected chi connectivity index (χ3v) is 2.48. The molecule has 0 aromatic rings. The average molecular weight is 201 g/mol. The predicted octanol–water partition coefficient (Wildman–Crippen LogP) is 0.00230. The van der Waals surface area contributed by atoms with Gasteiger partial charge in [-0.1, -0.05) is 0 Å². The van der Waals surface area contributed by atoms with Crippen LogP contribution in [0.25, 0.3) is 0 Å². The summed E-state index contributed by atoms with van der Waals surface area (Å²) in [4.78, 5) is 20.9. The Labute approximate surface area is 82.4 Å². The Hall–Kier alpha value is -1.10. The number of ether oxygens (including phenoxy) is 1. The average Bonchev–Trinajstić information content (AvgIpc) is 2.18. The lowest BCUT2D eigenvalue weighted by Crippen LogP contribution is -2.38. The van der Waals surface area contributed by atoms with Crippen LogP contribution in [0.1, 0.15) is 19.3 Å². The van der Waals surface area contributed by atoms with Crippen LogP contribution >= 0.6 is 0 Å². The van der Waals surface area contributed by atoms with Crippen LogP contribution < -0.4 is 5.32 Å². The van der Waals surface area contributed by atoms with Crippen molar-refractivity contribution in [1.82, 2.24) is 5.32 Å². The molecule has 5 heteroatoms. The van der Waals surface area contributed by atoms with Gasteiger partial charge in [0.15, 0.2) is 0 Å². The quantitative estimate of drug-likeness (QED) is 0.614. The summed E-state index contributed by atoms with van der Waals surface area (Å²) >= 11 is 0. The van der Waals surface area contributed by atoms with Gasteiger partial charge in [-0.3, -0.25) is 4.79 Å². The van der Waals surface area contributed by atoms with E-state index >= 15 is 0 Å². The Morgan fingerprint density at radius 3 is 2.71 bits per heavy atom. The molecule has 1 saturated heterocycles. The van der Waals surface area contributed by atoms with Crippen molar-refractivity contribution >= 4 is 12.4 Å². The molecular weight excluding hydrogens is 186 g/mol. The maximum absolute atomic E-state index is 10.7. The van der Waals surface area contributed by atoms with Crippen LogP contribution in [0.2, 0.25) is 0 Å². The second kappa shape index (κ2) is 5.59. The molecule has 1 amide bonds. The molecule has 0 spiro atoms. The number of nitrogens with one attached hydrogen (secondary N) is 1. The third-order valence-electron chi connectivity index (χ3n) is 2.48. The van der Waals surface area contributed by atoms with E-state index in [1.807, 2.05) is 0 Å². The topological polar surface area (TPSA) is 75.6 Å². The molecule has 14 heavy (non-hydrogen) atoms. The van der Waals surface area contributed by atoms with Crippen molar-refractivity contribution in [2.45, 2.75) is 25.3 Å². The lowest BCUT2D eigenvalue weighted by atomic mass is 9.92. The highest BCUT2D eigenvalue weighted by Crippen LogP contribution is 2.19. The normalized spacial score (nSPS) is 20.0. The highest BCUT2D eigenvalue weighted by Gasteiger charge is 2.23. The molecule has 2 N–H and O–H groups in total. The minimum Gasteiger partial charge on any atom is -0.480 e. The summed E-state index contributed by atoms with van der Waals surface area (Å²) in [6.07, 6.45) is 2.70. The largest absolute Gasteiger partial charge is 0.480 e. The fourth-order valence-corrected chi connectivity index (χ4v) is 1.64. The summed E-state index contributed by atoms with van der Waals surface area (Å²) in [6.45, 7) is 1.39. The lowest BCUT2D eigenvalue weighted by Gasteiger charge is -2.24. The number of carbonyl (C=O) groups is 2. The van der Waals surface area contributed by atoms with E-state index in [4.69, 9.17) is 9.84 Å². The van der Waals surface area contributed by atoms with Crippen molar-refractivity contribution in [3.05, 3.63) is 0 Å². The maximum Gasteiger partial charge on any atom is 0.326 e. The lowest BCUT2D eigenvalue weighted by molar-refractivity contribution is -0.141. The van der Waals surface area contributed by atoms with E-state index < -0.39 is 12.0 Å². The SMILES string of the molecule is O=CNC(CC1CCOCC1)C(=O)O. The first-order valence-electron chi connectivity index (χ1n) is 4.74. The summed E-state index contributed by atoms with van der Waals surface area (Å²) < 4.78 is 5.16. The highest BCUT2D eigenvalue weighted by atomic mass is 16.5. The maximum atomic E-state index is 10.7. The van der Waals surface area contributed by atoms with Gasteiger partial charge in [0.25, 0.3) is 0 Å². The van der Waals surface area contributed by atoms with Crippen LogP contribution in [0.4, 0.5) is 0 Å². The number of aliphatic carboxylic acids is 1. The monoisotopic (exact) mass is 201 g/mol. The third kappa shape index (κ3) is 3.33. The van der Waals surface area contributed by atoms with Gasteiger partial charge in [0.1, 0.15) is 6.04 Å². The van der Waals surface area contributed by atoms with Gasteiger partial charge in [-0.2, -0.15) is 0 Å². The fourth-order valence-electron chi connectivity index (χ4n) is 1.64. The molecule has 0 aromatic carbocycles.